The van der Waals surface area contributed by atoms with Gasteiger partial charge in [-0.2, -0.15) is 0 Å². The van der Waals surface area contributed by atoms with Crippen molar-refractivity contribution in [2.75, 3.05) is 33.4 Å². The first kappa shape index (κ1) is 13.3. The molecule has 2 aliphatic rings. The number of morpholine rings is 1. The van der Waals surface area contributed by atoms with Gasteiger partial charge in [0.05, 0.1) is 25.4 Å². The molecule has 0 aromatic heterocycles. The minimum absolute atomic E-state index is 0.136. The quantitative estimate of drug-likeness (QED) is 0.517. The van der Waals surface area contributed by atoms with Crippen LogP contribution in [0.5, 0.6) is 0 Å². The van der Waals surface area contributed by atoms with Gasteiger partial charge in [-0.3, -0.25) is 9.59 Å². The number of carbonyl (C=O) groups excluding carboxylic acids is 2. The van der Waals surface area contributed by atoms with Gasteiger partial charge in [-0.15, -0.1) is 0 Å². The monoisotopic (exact) mass is 257 g/mol. The Hall–Kier alpha value is -1.18. The standard InChI is InChI=1S/C11H19N3O4/c1-12-10(16)9-6-18-3-2-14(9)11(17)8-4-7(15)5-13-8/h7-9,13,15H,2-6H2,1H3,(H,12,16). The SMILES string of the molecule is CNC(=O)C1COCCN1C(=O)C1CC(O)CN1. The second-order valence-corrected chi connectivity index (χ2v) is 4.59. The first-order valence-electron chi connectivity index (χ1n) is 6.14. The van der Waals surface area contributed by atoms with Gasteiger partial charge >= 0.3 is 0 Å². The van der Waals surface area contributed by atoms with E-state index in [1.807, 2.05) is 0 Å². The largest absolute Gasteiger partial charge is 0.392 e. The molecule has 3 N–H and O–H groups in total. The van der Waals surface area contributed by atoms with Crippen LogP contribution < -0.4 is 10.6 Å². The fourth-order valence-electron chi connectivity index (χ4n) is 2.36. The Morgan fingerprint density at radius 3 is 2.89 bits per heavy atom. The fraction of sp³-hybridized carbons (Fsp3) is 0.818. The molecule has 2 amide bonds. The maximum atomic E-state index is 12.3. The molecule has 0 radical (unpaired) electrons. The van der Waals surface area contributed by atoms with E-state index in [2.05, 4.69) is 10.6 Å². The molecule has 0 bridgehead atoms. The van der Waals surface area contributed by atoms with Gasteiger partial charge < -0.3 is 25.4 Å². The number of aliphatic hydroxyl groups is 1. The number of rotatable bonds is 2. The molecular formula is C11H19N3O4. The summed E-state index contributed by atoms with van der Waals surface area (Å²) in [5.74, 6) is -0.356. The zero-order valence-corrected chi connectivity index (χ0v) is 10.4. The average molecular weight is 257 g/mol. The Balaban J connectivity index is 2.04. The Morgan fingerprint density at radius 2 is 2.28 bits per heavy atom. The van der Waals surface area contributed by atoms with Crippen LogP contribution >= 0.6 is 0 Å². The highest BCUT2D eigenvalue weighted by Gasteiger charge is 2.38. The average Bonchev–Trinajstić information content (AvgIpc) is 2.83. The summed E-state index contributed by atoms with van der Waals surface area (Å²) >= 11 is 0. The highest BCUT2D eigenvalue weighted by atomic mass is 16.5. The molecule has 0 saturated carbocycles. The summed E-state index contributed by atoms with van der Waals surface area (Å²) < 4.78 is 5.24. The van der Waals surface area contributed by atoms with E-state index in [0.717, 1.165) is 0 Å². The third-order valence-electron chi connectivity index (χ3n) is 3.37. The number of nitrogens with one attached hydrogen (secondary N) is 2. The normalized spacial score (nSPS) is 32.3. The van der Waals surface area contributed by atoms with Crippen molar-refractivity contribution in [3.63, 3.8) is 0 Å². The van der Waals surface area contributed by atoms with Gasteiger partial charge in [0.15, 0.2) is 0 Å². The van der Waals surface area contributed by atoms with E-state index in [0.29, 0.717) is 26.1 Å². The number of hydrogen-bond donors (Lipinski definition) is 3. The molecule has 3 unspecified atom stereocenters. The fourth-order valence-corrected chi connectivity index (χ4v) is 2.36. The summed E-state index contributed by atoms with van der Waals surface area (Å²) in [6.45, 7) is 1.49. The van der Waals surface area contributed by atoms with Crippen molar-refractivity contribution in [1.29, 1.82) is 0 Å². The second kappa shape index (κ2) is 5.64. The molecule has 3 atom stereocenters. The summed E-state index contributed by atoms with van der Waals surface area (Å²) in [6, 6.07) is -0.971. The molecule has 7 heteroatoms. The number of ether oxygens (including phenoxy) is 1. The third-order valence-corrected chi connectivity index (χ3v) is 3.37. The Bertz CT molecular complexity index is 336. The van der Waals surface area contributed by atoms with E-state index < -0.39 is 18.2 Å². The van der Waals surface area contributed by atoms with Crippen LogP contribution in [0.25, 0.3) is 0 Å². The van der Waals surface area contributed by atoms with Crippen molar-refractivity contribution in [3.05, 3.63) is 0 Å². The molecule has 2 heterocycles. The van der Waals surface area contributed by atoms with Gasteiger partial charge in [0.1, 0.15) is 6.04 Å². The van der Waals surface area contributed by atoms with Crippen LogP contribution in [0.15, 0.2) is 0 Å². The van der Waals surface area contributed by atoms with E-state index >= 15 is 0 Å². The molecule has 102 valence electrons. The molecule has 0 aromatic rings. The summed E-state index contributed by atoms with van der Waals surface area (Å²) in [6.07, 6.45) is -0.0881. The zero-order valence-electron chi connectivity index (χ0n) is 10.4. The number of aliphatic hydroxyl groups excluding tert-OH is 1. The number of nitrogens with zero attached hydrogens (tertiary/aromatic N) is 1. The summed E-state index contributed by atoms with van der Waals surface area (Å²) in [5.41, 5.74) is 0. The number of β-amino-alcohol motifs (C(OH)–C–C–N with tert-alkyl or cyclic N) is 1. The maximum Gasteiger partial charge on any atom is 0.244 e. The predicted octanol–water partition coefficient (Wildman–Crippen LogP) is -2.32. The highest BCUT2D eigenvalue weighted by Crippen LogP contribution is 2.14. The van der Waals surface area contributed by atoms with E-state index in [4.69, 9.17) is 4.74 Å². The van der Waals surface area contributed by atoms with Crippen molar-refractivity contribution < 1.29 is 19.4 Å². The molecule has 0 spiro atoms. The van der Waals surface area contributed by atoms with Crippen LogP contribution in [-0.2, 0) is 14.3 Å². The zero-order chi connectivity index (χ0) is 13.1. The molecule has 0 aromatic carbocycles. The van der Waals surface area contributed by atoms with Crippen molar-refractivity contribution in [1.82, 2.24) is 15.5 Å². The van der Waals surface area contributed by atoms with Crippen LogP contribution in [0.2, 0.25) is 0 Å². The topological polar surface area (TPSA) is 90.9 Å². The van der Waals surface area contributed by atoms with Crippen molar-refractivity contribution in [3.8, 4) is 0 Å². The molecule has 2 saturated heterocycles. The van der Waals surface area contributed by atoms with Gasteiger partial charge in [-0.25, -0.2) is 0 Å². The first-order chi connectivity index (χ1) is 8.63. The van der Waals surface area contributed by atoms with Gasteiger partial charge in [-0.05, 0) is 6.42 Å². The molecule has 2 aliphatic heterocycles. The number of carbonyl (C=O) groups is 2. The minimum atomic E-state index is -0.573. The second-order valence-electron chi connectivity index (χ2n) is 4.59. The molecule has 2 rings (SSSR count). The summed E-state index contributed by atoms with van der Waals surface area (Å²) in [7, 11) is 1.54. The van der Waals surface area contributed by atoms with E-state index in [9.17, 15) is 14.7 Å². The van der Waals surface area contributed by atoms with E-state index in [1.165, 1.54) is 11.9 Å². The molecule has 18 heavy (non-hydrogen) atoms. The van der Waals surface area contributed by atoms with Crippen molar-refractivity contribution in [2.24, 2.45) is 0 Å². The van der Waals surface area contributed by atoms with Crippen LogP contribution in [0, 0.1) is 0 Å². The van der Waals surface area contributed by atoms with Crippen molar-refractivity contribution >= 4 is 11.8 Å². The first-order valence-corrected chi connectivity index (χ1v) is 6.14. The summed E-state index contributed by atoms with van der Waals surface area (Å²) in [4.78, 5) is 25.5. The lowest BCUT2D eigenvalue weighted by Crippen LogP contribution is -2.58. The van der Waals surface area contributed by atoms with Crippen LogP contribution in [0.1, 0.15) is 6.42 Å². The number of amides is 2. The van der Waals surface area contributed by atoms with Gasteiger partial charge in [0, 0.05) is 20.1 Å². The maximum absolute atomic E-state index is 12.3. The Morgan fingerprint density at radius 1 is 1.50 bits per heavy atom. The van der Waals surface area contributed by atoms with E-state index in [-0.39, 0.29) is 18.4 Å². The molecule has 7 nitrogen and oxygen atoms in total. The van der Waals surface area contributed by atoms with Crippen LogP contribution in [0.3, 0.4) is 0 Å². The molecular weight excluding hydrogens is 238 g/mol. The Labute approximate surface area is 105 Å². The lowest BCUT2D eigenvalue weighted by atomic mass is 10.1. The lowest BCUT2D eigenvalue weighted by Gasteiger charge is -2.35. The molecule has 2 fully saturated rings. The lowest BCUT2D eigenvalue weighted by molar-refractivity contribution is -0.149. The minimum Gasteiger partial charge on any atom is -0.392 e. The highest BCUT2D eigenvalue weighted by molar-refractivity contribution is 5.90. The number of hydrogen-bond acceptors (Lipinski definition) is 5. The Kier molecular flexibility index (Phi) is 4.15. The number of likely N-dealkylation sites (N-methyl/N-ethyl adjacent to an activating group) is 1. The van der Waals surface area contributed by atoms with Crippen molar-refractivity contribution in [2.45, 2.75) is 24.6 Å². The smallest absolute Gasteiger partial charge is 0.244 e. The van der Waals surface area contributed by atoms with Crippen LogP contribution in [0.4, 0.5) is 0 Å². The van der Waals surface area contributed by atoms with Crippen LogP contribution in [-0.4, -0.2) is 73.4 Å². The van der Waals surface area contributed by atoms with Gasteiger partial charge in [0.25, 0.3) is 0 Å². The molecule has 0 aliphatic carbocycles. The van der Waals surface area contributed by atoms with Gasteiger partial charge in [-0.1, -0.05) is 0 Å². The summed E-state index contributed by atoms with van der Waals surface area (Å²) in [5, 5.41) is 14.9. The third kappa shape index (κ3) is 2.63. The van der Waals surface area contributed by atoms with Gasteiger partial charge in [0.2, 0.25) is 11.8 Å². The van der Waals surface area contributed by atoms with E-state index in [1.54, 1.807) is 0 Å². The predicted molar refractivity (Wildman–Crippen MR) is 62.8 cm³/mol.